The summed E-state index contributed by atoms with van der Waals surface area (Å²) in [5.41, 5.74) is -0.691. The number of aliphatic hydroxyl groups excluding tert-OH is 1. The molecule has 50 heavy (non-hydrogen) atoms. The summed E-state index contributed by atoms with van der Waals surface area (Å²) in [5, 5.41) is 29.7. The molecule has 0 heterocycles. The number of aliphatic hydroxyl groups is 3. The highest BCUT2D eigenvalue weighted by molar-refractivity contribution is 6.02. The minimum Gasteiger partial charge on any atom is -0.391 e. The summed E-state index contributed by atoms with van der Waals surface area (Å²) in [6.45, 7) is 19.1. The zero-order valence-corrected chi connectivity index (χ0v) is 31.5. The van der Waals surface area contributed by atoms with Gasteiger partial charge in [0.1, 0.15) is 17.3 Å². The highest BCUT2D eigenvalue weighted by atomic mass is 16.6. The van der Waals surface area contributed by atoms with Crippen LogP contribution < -0.4 is 0 Å². The Morgan fingerprint density at radius 2 is 0.760 bits per heavy atom. The molecule has 6 unspecified atom stereocenters. The Kier molecular flexibility index (Phi) is 17.8. The van der Waals surface area contributed by atoms with E-state index in [-0.39, 0.29) is 55.3 Å². The zero-order valence-electron chi connectivity index (χ0n) is 31.5. The standard InChI is InChI=1S/C39H60O11/c1-25(40)19-45-26(2)20-46-27(3)21-47-28(4)22-48-29(5)23-49-30(6)24-50-35(31-11-15-33(16-12-31)36(41)38(7,8)43)32-13-17-34(18-14-32)37(42)39(9,10)44/h11-18,25-30,35,40,43-44H,19-24H2,1-10H3. The molecule has 11 nitrogen and oxygen atoms in total. The van der Waals surface area contributed by atoms with Gasteiger partial charge in [0.05, 0.1) is 76.3 Å². The first-order valence-electron chi connectivity index (χ1n) is 17.4. The van der Waals surface area contributed by atoms with Crippen LogP contribution >= 0.6 is 0 Å². The summed E-state index contributed by atoms with van der Waals surface area (Å²) in [5.74, 6) is -0.778. The van der Waals surface area contributed by atoms with Crippen LogP contribution in [0.5, 0.6) is 0 Å². The summed E-state index contributed by atoms with van der Waals surface area (Å²) in [4.78, 5) is 25.2. The van der Waals surface area contributed by atoms with Crippen molar-refractivity contribution in [3.8, 4) is 0 Å². The summed E-state index contributed by atoms with van der Waals surface area (Å²) >= 11 is 0. The van der Waals surface area contributed by atoms with Gasteiger partial charge in [-0.2, -0.15) is 0 Å². The average molecular weight is 705 g/mol. The predicted molar refractivity (Wildman–Crippen MR) is 191 cm³/mol. The number of benzene rings is 2. The Morgan fingerprint density at radius 3 is 1.02 bits per heavy atom. The van der Waals surface area contributed by atoms with Gasteiger partial charge >= 0.3 is 0 Å². The summed E-state index contributed by atoms with van der Waals surface area (Å²) in [6, 6.07) is 13.8. The van der Waals surface area contributed by atoms with Gasteiger partial charge in [0.25, 0.3) is 0 Å². The molecule has 0 spiro atoms. The highest BCUT2D eigenvalue weighted by Gasteiger charge is 2.27. The van der Waals surface area contributed by atoms with Crippen molar-refractivity contribution in [1.29, 1.82) is 0 Å². The van der Waals surface area contributed by atoms with Crippen LogP contribution in [0.2, 0.25) is 0 Å². The smallest absolute Gasteiger partial charge is 0.193 e. The van der Waals surface area contributed by atoms with E-state index in [0.717, 1.165) is 11.1 Å². The molecule has 0 saturated heterocycles. The second-order valence-corrected chi connectivity index (χ2v) is 14.3. The van der Waals surface area contributed by atoms with E-state index in [1.165, 1.54) is 27.7 Å². The lowest BCUT2D eigenvalue weighted by Crippen LogP contribution is -2.31. The van der Waals surface area contributed by atoms with Gasteiger partial charge in [-0.3, -0.25) is 9.59 Å². The van der Waals surface area contributed by atoms with Gasteiger partial charge < -0.3 is 43.7 Å². The Labute approximate surface area is 298 Å². The first-order chi connectivity index (χ1) is 23.3. The minimum absolute atomic E-state index is 0.123. The second kappa shape index (κ2) is 20.5. The van der Waals surface area contributed by atoms with Gasteiger partial charge in [0.2, 0.25) is 0 Å². The fourth-order valence-electron chi connectivity index (χ4n) is 4.68. The van der Waals surface area contributed by atoms with Crippen molar-refractivity contribution >= 4 is 11.6 Å². The Morgan fingerprint density at radius 1 is 0.500 bits per heavy atom. The molecule has 11 heteroatoms. The van der Waals surface area contributed by atoms with E-state index in [9.17, 15) is 24.9 Å². The van der Waals surface area contributed by atoms with Crippen molar-refractivity contribution in [2.24, 2.45) is 0 Å². The second-order valence-electron chi connectivity index (χ2n) is 14.3. The fourth-order valence-corrected chi connectivity index (χ4v) is 4.68. The molecule has 0 aliphatic carbocycles. The molecular weight excluding hydrogens is 644 g/mol. The van der Waals surface area contributed by atoms with Crippen LogP contribution in [0.3, 0.4) is 0 Å². The van der Waals surface area contributed by atoms with Crippen LogP contribution in [0, 0.1) is 0 Å². The zero-order chi connectivity index (χ0) is 37.6. The molecule has 0 fully saturated rings. The molecule has 0 aliphatic rings. The lowest BCUT2D eigenvalue weighted by Gasteiger charge is -2.24. The SMILES string of the molecule is CC(O)COC(C)COC(C)COC(C)COC(C)COC(C)COC(c1ccc(C(=O)C(C)(C)O)cc1)c1ccc(C(=O)C(C)(C)O)cc1. The lowest BCUT2D eigenvalue weighted by molar-refractivity contribution is -0.103. The van der Waals surface area contributed by atoms with Crippen LogP contribution in [0.4, 0.5) is 0 Å². The molecule has 3 N–H and O–H groups in total. The van der Waals surface area contributed by atoms with Gasteiger partial charge in [-0.25, -0.2) is 0 Å². The number of hydrogen-bond donors (Lipinski definition) is 3. The summed E-state index contributed by atoms with van der Waals surface area (Å²) in [6.07, 6.45) is -1.93. The Bertz CT molecular complexity index is 1210. The van der Waals surface area contributed by atoms with Crippen molar-refractivity contribution in [2.75, 3.05) is 39.6 Å². The number of Topliss-reactive ketones (excluding diaryl/α,β-unsaturated/α-hetero) is 2. The normalized spacial score (nSPS) is 16.1. The topological polar surface area (TPSA) is 150 Å². The monoisotopic (exact) mass is 704 g/mol. The van der Waals surface area contributed by atoms with Crippen LogP contribution in [0.1, 0.15) is 107 Å². The van der Waals surface area contributed by atoms with Crippen molar-refractivity contribution in [1.82, 2.24) is 0 Å². The van der Waals surface area contributed by atoms with E-state index in [0.29, 0.717) is 37.6 Å². The first-order valence-corrected chi connectivity index (χ1v) is 17.4. The minimum atomic E-state index is -1.50. The molecule has 2 aromatic carbocycles. The molecule has 282 valence electrons. The first kappa shape index (κ1) is 43.6. The molecule has 2 rings (SSSR count). The van der Waals surface area contributed by atoms with Crippen LogP contribution in [-0.4, -0.2) is 114 Å². The molecule has 0 amide bonds. The predicted octanol–water partition coefficient (Wildman–Crippen LogP) is 5.11. The van der Waals surface area contributed by atoms with Gasteiger partial charge in [-0.1, -0.05) is 48.5 Å². The number of carbonyl (C=O) groups excluding carboxylic acids is 2. The molecule has 0 aromatic heterocycles. The van der Waals surface area contributed by atoms with Crippen molar-refractivity contribution in [2.45, 2.75) is 123 Å². The molecule has 0 aliphatic heterocycles. The molecule has 6 atom stereocenters. The van der Waals surface area contributed by atoms with E-state index in [2.05, 4.69) is 0 Å². The Hall–Kier alpha value is -2.58. The van der Waals surface area contributed by atoms with Crippen molar-refractivity contribution in [3.63, 3.8) is 0 Å². The average Bonchev–Trinajstić information content (AvgIpc) is 3.06. The van der Waals surface area contributed by atoms with E-state index >= 15 is 0 Å². The van der Waals surface area contributed by atoms with Gasteiger partial charge in [-0.15, -0.1) is 0 Å². The number of ketones is 2. The molecule has 0 radical (unpaired) electrons. The van der Waals surface area contributed by atoms with Crippen molar-refractivity contribution < 1.29 is 53.3 Å². The maximum Gasteiger partial charge on any atom is 0.193 e. The highest BCUT2D eigenvalue weighted by Crippen LogP contribution is 2.28. The molecule has 0 bridgehead atoms. The van der Waals surface area contributed by atoms with E-state index in [4.69, 9.17) is 28.4 Å². The summed E-state index contributed by atoms with van der Waals surface area (Å²) < 4.78 is 35.5. The maximum absolute atomic E-state index is 12.6. The third-order valence-electron chi connectivity index (χ3n) is 7.64. The Balaban J connectivity index is 1.92. The van der Waals surface area contributed by atoms with Gasteiger partial charge in [0, 0.05) is 11.1 Å². The summed E-state index contributed by atoms with van der Waals surface area (Å²) in [7, 11) is 0. The number of hydrogen-bond acceptors (Lipinski definition) is 11. The van der Waals surface area contributed by atoms with Gasteiger partial charge in [0.15, 0.2) is 11.6 Å². The van der Waals surface area contributed by atoms with E-state index in [1.54, 1.807) is 55.5 Å². The lowest BCUT2D eigenvalue weighted by atomic mass is 9.92. The number of rotatable bonds is 24. The third kappa shape index (κ3) is 15.8. The van der Waals surface area contributed by atoms with Crippen LogP contribution in [0.25, 0.3) is 0 Å². The maximum atomic E-state index is 12.6. The molecule has 0 saturated carbocycles. The largest absolute Gasteiger partial charge is 0.391 e. The number of carbonyl (C=O) groups is 2. The fraction of sp³-hybridized carbons (Fsp3) is 0.641. The molecule has 2 aromatic rings. The van der Waals surface area contributed by atoms with E-state index < -0.39 is 23.4 Å². The quantitative estimate of drug-likeness (QED) is 0.125. The van der Waals surface area contributed by atoms with Crippen molar-refractivity contribution in [3.05, 3.63) is 70.8 Å². The molecular formula is C39H60O11. The van der Waals surface area contributed by atoms with Crippen LogP contribution in [-0.2, 0) is 28.4 Å². The number of ether oxygens (including phenoxy) is 6. The van der Waals surface area contributed by atoms with E-state index in [1.807, 2.05) is 34.6 Å². The van der Waals surface area contributed by atoms with Gasteiger partial charge in [-0.05, 0) is 80.4 Å². The van der Waals surface area contributed by atoms with Crippen LogP contribution in [0.15, 0.2) is 48.5 Å². The third-order valence-corrected chi connectivity index (χ3v) is 7.64.